The Bertz CT molecular complexity index is 1280. The van der Waals surface area contributed by atoms with E-state index in [-0.39, 0.29) is 17.5 Å². The quantitative estimate of drug-likeness (QED) is 0.432. The number of aromatic nitrogens is 3. The molecule has 1 aliphatic rings. The lowest BCUT2D eigenvalue weighted by atomic mass is 10.1. The van der Waals surface area contributed by atoms with Gasteiger partial charge in [0.2, 0.25) is 0 Å². The summed E-state index contributed by atoms with van der Waals surface area (Å²) >= 11 is 3.16. The molecule has 0 N–H and O–H groups in total. The lowest BCUT2D eigenvalue weighted by molar-refractivity contribution is -0.136. The van der Waals surface area contributed by atoms with Crippen LogP contribution in [0.2, 0.25) is 0 Å². The minimum Gasteiger partial charge on any atom is -0.452 e. The van der Waals surface area contributed by atoms with Crippen molar-refractivity contribution in [1.82, 2.24) is 19.6 Å². The number of aryl methyl sites for hydroxylation is 1. The molecule has 0 aromatic carbocycles. The third-order valence-electron chi connectivity index (χ3n) is 4.94. The molecule has 0 aliphatic carbocycles. The number of nitrogens with zero attached hydrogens (tertiary/aromatic N) is 5. The smallest absolute Gasteiger partial charge is 0.344 e. The fraction of sp³-hybridized carbons (Fsp3) is 0.190. The van der Waals surface area contributed by atoms with Gasteiger partial charge in [0.1, 0.15) is 5.56 Å². The van der Waals surface area contributed by atoms with Gasteiger partial charge in [0.15, 0.2) is 12.3 Å². The van der Waals surface area contributed by atoms with Crippen molar-refractivity contribution in [3.63, 3.8) is 0 Å². The molecular formula is C21H17N5O3S2. The van der Waals surface area contributed by atoms with Gasteiger partial charge in [-0.15, -0.1) is 22.7 Å². The number of rotatable bonds is 5. The van der Waals surface area contributed by atoms with Gasteiger partial charge in [-0.3, -0.25) is 4.79 Å². The topological polar surface area (TPSA) is 89.2 Å². The molecule has 1 unspecified atom stereocenters. The minimum absolute atomic E-state index is 0.205. The zero-order chi connectivity index (χ0) is 21.4. The Morgan fingerprint density at radius 2 is 2.03 bits per heavy atom. The minimum atomic E-state index is -0.631. The molecule has 8 nitrogen and oxygen atoms in total. The number of hydrogen-bond donors (Lipinski definition) is 0. The molecule has 1 atom stereocenters. The summed E-state index contributed by atoms with van der Waals surface area (Å²) in [6.07, 6.45) is 3.90. The van der Waals surface area contributed by atoms with Gasteiger partial charge in [-0.1, -0.05) is 12.1 Å². The van der Waals surface area contributed by atoms with Crippen LogP contribution >= 0.6 is 22.7 Å². The molecule has 0 saturated heterocycles. The molecule has 1 aliphatic heterocycles. The van der Waals surface area contributed by atoms with Crippen molar-refractivity contribution in [3.8, 4) is 0 Å². The number of ether oxygens (including phenoxy) is 1. The van der Waals surface area contributed by atoms with Crippen molar-refractivity contribution in [3.05, 3.63) is 74.5 Å². The lowest BCUT2D eigenvalue weighted by Crippen LogP contribution is -2.31. The first-order valence-electron chi connectivity index (χ1n) is 9.55. The van der Waals surface area contributed by atoms with Crippen LogP contribution in [0.3, 0.4) is 0 Å². The first kappa shape index (κ1) is 19.6. The molecule has 0 fully saturated rings. The van der Waals surface area contributed by atoms with Crippen LogP contribution in [-0.2, 0) is 9.53 Å². The van der Waals surface area contributed by atoms with Crippen LogP contribution in [0.1, 0.15) is 38.3 Å². The van der Waals surface area contributed by atoms with E-state index in [9.17, 15) is 9.59 Å². The summed E-state index contributed by atoms with van der Waals surface area (Å²) < 4.78 is 6.87. The highest BCUT2D eigenvalue weighted by Crippen LogP contribution is 2.36. The predicted octanol–water partition coefficient (Wildman–Crippen LogP) is 3.70. The maximum absolute atomic E-state index is 13.0. The maximum Gasteiger partial charge on any atom is 0.344 e. The van der Waals surface area contributed by atoms with E-state index in [1.807, 2.05) is 35.0 Å². The average Bonchev–Trinajstić information content (AvgIpc) is 3.56. The van der Waals surface area contributed by atoms with E-state index in [2.05, 4.69) is 15.2 Å². The van der Waals surface area contributed by atoms with Gasteiger partial charge >= 0.3 is 5.97 Å². The van der Waals surface area contributed by atoms with E-state index in [1.54, 1.807) is 48.1 Å². The molecule has 0 radical (unpaired) electrons. The van der Waals surface area contributed by atoms with Crippen LogP contribution in [-0.4, -0.2) is 43.8 Å². The van der Waals surface area contributed by atoms with Gasteiger partial charge < -0.3 is 4.74 Å². The van der Waals surface area contributed by atoms with Crippen LogP contribution in [0, 0.1) is 6.92 Å². The molecule has 5 rings (SSSR count). The van der Waals surface area contributed by atoms with E-state index < -0.39 is 12.6 Å². The van der Waals surface area contributed by atoms with Crippen molar-refractivity contribution in [1.29, 1.82) is 0 Å². The zero-order valence-electron chi connectivity index (χ0n) is 16.5. The van der Waals surface area contributed by atoms with Crippen LogP contribution in [0.5, 0.6) is 0 Å². The first-order chi connectivity index (χ1) is 15.1. The van der Waals surface area contributed by atoms with Gasteiger partial charge in [0.05, 0.1) is 22.3 Å². The van der Waals surface area contributed by atoms with Gasteiger partial charge in [-0.05, 0) is 35.9 Å². The molecule has 0 saturated carbocycles. The number of carbonyl (C=O) groups is 2. The highest BCUT2D eigenvalue weighted by Gasteiger charge is 2.34. The number of fused-ring (bicyclic) bond motifs is 1. The van der Waals surface area contributed by atoms with Gasteiger partial charge in [0, 0.05) is 23.7 Å². The highest BCUT2D eigenvalue weighted by atomic mass is 32.1. The summed E-state index contributed by atoms with van der Waals surface area (Å²) in [4.78, 5) is 32.0. The van der Waals surface area contributed by atoms with Gasteiger partial charge in [-0.25, -0.2) is 19.3 Å². The summed E-state index contributed by atoms with van der Waals surface area (Å²) in [5, 5.41) is 14.2. The fourth-order valence-electron chi connectivity index (χ4n) is 3.54. The lowest BCUT2D eigenvalue weighted by Gasteiger charge is -2.20. The van der Waals surface area contributed by atoms with Crippen LogP contribution in [0.15, 0.2) is 58.6 Å². The monoisotopic (exact) mass is 451 g/mol. The highest BCUT2D eigenvalue weighted by molar-refractivity contribution is 7.12. The van der Waals surface area contributed by atoms with Crippen molar-refractivity contribution in [2.24, 2.45) is 5.10 Å². The number of carbonyl (C=O) groups excluding carboxylic acids is 2. The van der Waals surface area contributed by atoms with E-state index >= 15 is 0 Å². The molecule has 0 bridgehead atoms. The Balaban J connectivity index is 1.35. The Labute approximate surface area is 185 Å². The molecule has 156 valence electrons. The second-order valence-electron chi connectivity index (χ2n) is 6.92. The van der Waals surface area contributed by atoms with E-state index in [0.717, 1.165) is 15.5 Å². The van der Waals surface area contributed by atoms with Crippen molar-refractivity contribution < 1.29 is 14.3 Å². The van der Waals surface area contributed by atoms with E-state index in [1.165, 1.54) is 9.52 Å². The Morgan fingerprint density at radius 3 is 2.81 bits per heavy atom. The van der Waals surface area contributed by atoms with Crippen LogP contribution in [0.4, 0.5) is 0 Å². The number of amides is 1. The predicted molar refractivity (Wildman–Crippen MR) is 117 cm³/mol. The van der Waals surface area contributed by atoms with Crippen molar-refractivity contribution in [2.45, 2.75) is 19.4 Å². The molecule has 5 heterocycles. The number of thiophene rings is 2. The number of esters is 1. The van der Waals surface area contributed by atoms with E-state index in [0.29, 0.717) is 17.8 Å². The largest absolute Gasteiger partial charge is 0.452 e. The summed E-state index contributed by atoms with van der Waals surface area (Å²) in [6.45, 7) is 1.30. The summed E-state index contributed by atoms with van der Waals surface area (Å²) in [5.41, 5.74) is 2.00. The second-order valence-corrected chi connectivity index (χ2v) is 8.85. The molecule has 31 heavy (non-hydrogen) atoms. The molecule has 1 amide bonds. The van der Waals surface area contributed by atoms with E-state index in [4.69, 9.17) is 4.74 Å². The van der Waals surface area contributed by atoms with Crippen LogP contribution < -0.4 is 0 Å². The molecule has 10 heteroatoms. The third-order valence-corrected chi connectivity index (χ3v) is 6.84. The Morgan fingerprint density at radius 1 is 1.19 bits per heavy atom. The first-order valence-corrected chi connectivity index (χ1v) is 11.3. The normalized spacial score (nSPS) is 16.0. The Hall–Kier alpha value is -3.37. The summed E-state index contributed by atoms with van der Waals surface area (Å²) in [5.74, 6) is -1.01. The average molecular weight is 452 g/mol. The maximum atomic E-state index is 13.0. The SMILES string of the molecule is Cc1nn2cccnc2c1C(=O)OCC(=O)N1N=C(c2cccs2)CC1c1cccs1. The number of hydrazone groups is 1. The van der Waals surface area contributed by atoms with Crippen molar-refractivity contribution in [2.75, 3.05) is 6.61 Å². The standard InChI is InChI=1S/C21H17N5O3S2/c1-13-19(20-22-7-4-8-25(20)23-13)21(28)29-12-18(27)26-15(17-6-3-10-31-17)11-14(24-26)16-5-2-9-30-16/h2-10,15H,11-12H2,1H3. The van der Waals surface area contributed by atoms with Gasteiger partial charge in [0.25, 0.3) is 5.91 Å². The molecule has 0 spiro atoms. The molecular weight excluding hydrogens is 434 g/mol. The van der Waals surface area contributed by atoms with Crippen LogP contribution in [0.25, 0.3) is 5.65 Å². The second kappa shape index (κ2) is 8.05. The van der Waals surface area contributed by atoms with Gasteiger partial charge in [-0.2, -0.15) is 10.2 Å². The molecule has 4 aromatic rings. The molecule has 4 aromatic heterocycles. The fourth-order valence-corrected chi connectivity index (χ4v) is 5.07. The summed E-state index contributed by atoms with van der Waals surface area (Å²) in [6, 6.07) is 9.41. The number of hydrogen-bond acceptors (Lipinski definition) is 8. The third kappa shape index (κ3) is 3.64. The zero-order valence-corrected chi connectivity index (χ0v) is 18.1. The Kier molecular flexibility index (Phi) is 5.08. The summed E-state index contributed by atoms with van der Waals surface area (Å²) in [7, 11) is 0. The van der Waals surface area contributed by atoms with Crippen molar-refractivity contribution >= 4 is 45.9 Å².